The first kappa shape index (κ1) is 29.8. The normalized spacial score (nSPS) is 29.2. The Labute approximate surface area is 276 Å². The highest BCUT2D eigenvalue weighted by molar-refractivity contribution is 5.71. The Kier molecular flexibility index (Phi) is 7.24. The third kappa shape index (κ3) is 5.38. The second-order valence-electron chi connectivity index (χ2n) is 15.6. The van der Waals surface area contributed by atoms with Gasteiger partial charge in [0.1, 0.15) is 23.6 Å². The number of anilines is 1. The van der Waals surface area contributed by atoms with E-state index in [1.807, 2.05) is 6.07 Å². The molecule has 2 atom stereocenters. The molecule has 0 radical (unpaired) electrons. The minimum atomic E-state index is -0.349. The van der Waals surface area contributed by atoms with E-state index in [4.69, 9.17) is 9.47 Å². The van der Waals surface area contributed by atoms with Crippen LogP contribution < -0.4 is 9.64 Å². The fourth-order valence-electron chi connectivity index (χ4n) is 9.47. The number of benzene rings is 1. The van der Waals surface area contributed by atoms with Gasteiger partial charge >= 0.3 is 0 Å². The quantitative estimate of drug-likeness (QED) is 0.306. The van der Waals surface area contributed by atoms with Crippen LogP contribution in [0.4, 0.5) is 10.2 Å². The fraction of sp³-hybridized carbons (Fsp3) is 0.639. The van der Waals surface area contributed by atoms with Crippen molar-refractivity contribution in [1.29, 1.82) is 0 Å². The van der Waals surface area contributed by atoms with E-state index < -0.39 is 0 Å². The third-order valence-corrected chi connectivity index (χ3v) is 12.1. The van der Waals surface area contributed by atoms with Gasteiger partial charge in [0.05, 0.1) is 12.2 Å². The molecule has 0 N–H and O–H groups in total. The Morgan fingerprint density at radius 3 is 2.57 bits per heavy atom. The molecule has 6 aliphatic rings. The van der Waals surface area contributed by atoms with Crippen molar-refractivity contribution in [1.82, 2.24) is 35.2 Å². The second-order valence-corrected chi connectivity index (χ2v) is 15.6. The van der Waals surface area contributed by atoms with E-state index in [9.17, 15) is 4.39 Å². The number of aromatic nitrogens is 5. The molecular weight excluding hydrogens is 595 g/mol. The number of hydrogen-bond acceptors (Lipinski definition) is 10. The first-order valence-corrected chi connectivity index (χ1v) is 17.7. The van der Waals surface area contributed by atoms with Crippen molar-refractivity contribution < 1.29 is 13.9 Å². The van der Waals surface area contributed by atoms with Gasteiger partial charge in [-0.05, 0) is 86.1 Å². The lowest BCUT2D eigenvalue weighted by atomic mass is 9.68. The number of ether oxygens (including phenoxy) is 2. The summed E-state index contributed by atoms with van der Waals surface area (Å²) >= 11 is 0. The minimum Gasteiger partial charge on any atom is -0.434 e. The molecule has 1 aromatic carbocycles. The van der Waals surface area contributed by atoms with Gasteiger partial charge in [0.25, 0.3) is 5.88 Å². The average molecular weight is 641 g/mol. The molecule has 9 rings (SSSR count). The van der Waals surface area contributed by atoms with Crippen LogP contribution in [-0.4, -0.2) is 98.7 Å². The van der Waals surface area contributed by atoms with Gasteiger partial charge in [0, 0.05) is 74.9 Å². The predicted molar refractivity (Wildman–Crippen MR) is 175 cm³/mol. The molecule has 1 unspecified atom stereocenters. The SMILES string of the molecule is CC(C)[C@@H](C1CC(N2CCC3(CCO3)C2)C1)N1CC2(CCN(c3ncnnc3Oc3ccc(F)cc3-c3nnccc3C3CC3)C2)C1. The number of likely N-dealkylation sites (tertiary alicyclic amines) is 2. The van der Waals surface area contributed by atoms with Gasteiger partial charge in [-0.15, -0.1) is 10.2 Å². The lowest BCUT2D eigenvalue weighted by Crippen LogP contribution is -2.65. The van der Waals surface area contributed by atoms with Gasteiger partial charge in [0.2, 0.25) is 0 Å². The van der Waals surface area contributed by atoms with Gasteiger partial charge in [0.15, 0.2) is 5.82 Å². The Hall–Kier alpha value is -3.28. The molecule has 4 aliphatic heterocycles. The summed E-state index contributed by atoms with van der Waals surface area (Å²) in [6.45, 7) is 12.2. The monoisotopic (exact) mass is 640 g/mol. The van der Waals surface area contributed by atoms with E-state index in [-0.39, 0.29) is 16.8 Å². The third-order valence-electron chi connectivity index (χ3n) is 12.1. The van der Waals surface area contributed by atoms with Gasteiger partial charge in [-0.1, -0.05) is 13.8 Å². The molecule has 2 aromatic heterocycles. The summed E-state index contributed by atoms with van der Waals surface area (Å²) < 4.78 is 27.0. The van der Waals surface area contributed by atoms with E-state index in [1.54, 1.807) is 12.3 Å². The van der Waals surface area contributed by atoms with Crippen LogP contribution in [0.2, 0.25) is 0 Å². The standard InChI is InChI=1S/C36H45FN8O2/c1-23(2)32(25-15-27(16-25)43-13-9-36(21-43)10-14-46-36)45-19-35(20-45)8-12-44(18-35)33-34(42-40-22-38-33)47-30-6-5-26(37)17-29(30)31-28(24-3-4-24)7-11-39-41-31/h5-7,11,17,22-25,27,32H,3-4,8-10,12-16,18-21H2,1-2H3/t25?,27?,32-,36?/m0/s1. The van der Waals surface area contributed by atoms with E-state index >= 15 is 0 Å². The van der Waals surface area contributed by atoms with Crippen LogP contribution >= 0.6 is 0 Å². The summed E-state index contributed by atoms with van der Waals surface area (Å²) in [7, 11) is 0. The van der Waals surface area contributed by atoms with E-state index in [0.717, 1.165) is 76.1 Å². The number of halogens is 1. The molecule has 6 fully saturated rings. The van der Waals surface area contributed by atoms with Gasteiger partial charge < -0.3 is 14.4 Å². The molecular formula is C36H45FN8O2. The smallest absolute Gasteiger partial charge is 0.282 e. The molecule has 11 heteroatoms. The Balaban J connectivity index is 0.870. The molecule has 10 nitrogen and oxygen atoms in total. The molecule has 248 valence electrons. The van der Waals surface area contributed by atoms with Crippen LogP contribution in [0.15, 0.2) is 36.8 Å². The molecule has 0 bridgehead atoms. The van der Waals surface area contributed by atoms with Gasteiger partial charge in [-0.25, -0.2) is 9.37 Å². The van der Waals surface area contributed by atoms with Crippen molar-refractivity contribution in [2.45, 2.75) is 82.4 Å². The summed E-state index contributed by atoms with van der Waals surface area (Å²) in [5, 5.41) is 17.0. The largest absolute Gasteiger partial charge is 0.434 e. The van der Waals surface area contributed by atoms with E-state index in [2.05, 4.69) is 53.9 Å². The molecule has 0 amide bonds. The maximum absolute atomic E-state index is 14.6. The summed E-state index contributed by atoms with van der Waals surface area (Å²) in [5.74, 6) is 2.99. The zero-order valence-electron chi connectivity index (χ0n) is 27.5. The highest BCUT2D eigenvalue weighted by Gasteiger charge is 2.54. The summed E-state index contributed by atoms with van der Waals surface area (Å²) in [6, 6.07) is 7.88. The van der Waals surface area contributed by atoms with Crippen LogP contribution in [0.3, 0.4) is 0 Å². The topological polar surface area (TPSA) is 92.6 Å². The first-order valence-electron chi connectivity index (χ1n) is 17.7. The van der Waals surface area contributed by atoms with Crippen molar-refractivity contribution in [3.05, 3.63) is 48.2 Å². The van der Waals surface area contributed by atoms with Crippen molar-refractivity contribution in [2.24, 2.45) is 17.3 Å². The number of rotatable bonds is 9. The van der Waals surface area contributed by atoms with Crippen molar-refractivity contribution in [3.8, 4) is 22.9 Å². The molecule has 2 saturated carbocycles. The molecule has 4 saturated heterocycles. The van der Waals surface area contributed by atoms with Crippen LogP contribution in [0, 0.1) is 23.1 Å². The highest BCUT2D eigenvalue weighted by atomic mass is 19.1. The van der Waals surface area contributed by atoms with Gasteiger partial charge in [-0.3, -0.25) is 9.80 Å². The van der Waals surface area contributed by atoms with Crippen LogP contribution in [0.5, 0.6) is 11.6 Å². The molecule has 47 heavy (non-hydrogen) atoms. The summed E-state index contributed by atoms with van der Waals surface area (Å²) in [6.07, 6.45) is 11.6. The van der Waals surface area contributed by atoms with Crippen molar-refractivity contribution in [2.75, 3.05) is 50.8 Å². The van der Waals surface area contributed by atoms with Crippen molar-refractivity contribution >= 4 is 5.82 Å². The van der Waals surface area contributed by atoms with Crippen LogP contribution in [-0.2, 0) is 4.74 Å². The Morgan fingerprint density at radius 1 is 0.979 bits per heavy atom. The first-order chi connectivity index (χ1) is 22.9. The lowest BCUT2D eigenvalue weighted by Gasteiger charge is -2.57. The molecule has 3 aromatic rings. The predicted octanol–water partition coefficient (Wildman–Crippen LogP) is 5.32. The fourth-order valence-corrected chi connectivity index (χ4v) is 9.47. The van der Waals surface area contributed by atoms with Gasteiger partial charge in [-0.2, -0.15) is 10.2 Å². The maximum Gasteiger partial charge on any atom is 0.282 e. The Bertz CT molecular complexity index is 1630. The zero-order chi connectivity index (χ0) is 31.8. The zero-order valence-corrected chi connectivity index (χ0v) is 27.5. The number of hydrogen-bond donors (Lipinski definition) is 0. The van der Waals surface area contributed by atoms with E-state index in [1.165, 1.54) is 50.7 Å². The Morgan fingerprint density at radius 2 is 1.83 bits per heavy atom. The summed E-state index contributed by atoms with van der Waals surface area (Å²) in [4.78, 5) is 12.5. The average Bonchev–Trinajstić information content (AvgIpc) is 3.60. The molecule has 2 aliphatic carbocycles. The maximum atomic E-state index is 14.6. The lowest BCUT2D eigenvalue weighted by molar-refractivity contribution is -0.141. The number of nitrogens with zero attached hydrogens (tertiary/aromatic N) is 8. The van der Waals surface area contributed by atoms with Crippen molar-refractivity contribution in [3.63, 3.8) is 0 Å². The molecule has 6 heterocycles. The highest BCUT2D eigenvalue weighted by Crippen LogP contribution is 2.50. The van der Waals surface area contributed by atoms with E-state index in [0.29, 0.717) is 46.6 Å². The van der Waals surface area contributed by atoms with Crippen LogP contribution in [0.1, 0.15) is 70.3 Å². The second kappa shape index (κ2) is 11.4. The summed E-state index contributed by atoms with van der Waals surface area (Å²) in [5.41, 5.74) is 2.76. The van der Waals surface area contributed by atoms with Crippen LogP contribution in [0.25, 0.3) is 11.3 Å². The molecule has 2 spiro atoms. The minimum absolute atomic E-state index is 0.197.